The quantitative estimate of drug-likeness (QED) is 0.874. The average molecular weight is 310 g/mol. The molecular weight excluding hydrogens is 292 g/mol. The van der Waals surface area contributed by atoms with Crippen LogP contribution in [0.5, 0.6) is 0 Å². The maximum atomic E-state index is 12.2. The molecule has 118 valence electrons. The zero-order valence-electron chi connectivity index (χ0n) is 13.0. The van der Waals surface area contributed by atoms with Crippen molar-refractivity contribution in [1.29, 1.82) is 0 Å². The van der Waals surface area contributed by atoms with Gasteiger partial charge in [0.05, 0.1) is 13.2 Å². The summed E-state index contributed by atoms with van der Waals surface area (Å²) in [5.41, 5.74) is 5.65. The lowest BCUT2D eigenvalue weighted by Gasteiger charge is -2.26. The van der Waals surface area contributed by atoms with Crippen molar-refractivity contribution >= 4 is 5.91 Å². The molecule has 5 nitrogen and oxygen atoms in total. The lowest BCUT2D eigenvalue weighted by molar-refractivity contribution is 0.00981. The number of likely N-dealkylation sites (N-methyl/N-ethyl adjacent to an activating group) is 1. The molecule has 0 saturated heterocycles. The number of nitrogens with zero attached hydrogens (tertiary/aromatic N) is 2. The number of carbonyl (C=O) groups is 1. The van der Waals surface area contributed by atoms with Crippen molar-refractivity contribution < 1.29 is 14.6 Å². The van der Waals surface area contributed by atoms with E-state index in [4.69, 9.17) is 4.74 Å². The van der Waals surface area contributed by atoms with Crippen LogP contribution >= 0.6 is 0 Å². The van der Waals surface area contributed by atoms with Crippen molar-refractivity contribution in [3.63, 3.8) is 0 Å². The minimum absolute atomic E-state index is 0.0739. The van der Waals surface area contributed by atoms with Crippen LogP contribution in [-0.2, 0) is 17.8 Å². The Morgan fingerprint density at radius 3 is 3.04 bits per heavy atom. The number of rotatable bonds is 1. The van der Waals surface area contributed by atoms with Gasteiger partial charge in [0.1, 0.15) is 6.10 Å². The Morgan fingerprint density at radius 1 is 1.30 bits per heavy atom. The maximum absolute atomic E-state index is 12.2. The largest absolute Gasteiger partial charge is 0.386 e. The lowest BCUT2D eigenvalue weighted by atomic mass is 9.91. The summed E-state index contributed by atoms with van der Waals surface area (Å²) >= 11 is 0. The normalized spacial score (nSPS) is 20.2. The fraction of sp³-hybridized carbons (Fsp3) is 0.333. The van der Waals surface area contributed by atoms with Gasteiger partial charge in [0.2, 0.25) is 0 Å². The van der Waals surface area contributed by atoms with Crippen molar-refractivity contribution in [3.05, 3.63) is 52.8 Å². The summed E-state index contributed by atoms with van der Waals surface area (Å²) in [5.74, 6) is 0.0739. The number of aromatic nitrogens is 1. The highest BCUT2D eigenvalue weighted by molar-refractivity contribution is 5.97. The van der Waals surface area contributed by atoms with E-state index in [0.29, 0.717) is 13.2 Å². The number of carbonyl (C=O) groups excluding carboxylic acids is 1. The van der Waals surface area contributed by atoms with Gasteiger partial charge in [-0.1, -0.05) is 12.1 Å². The highest BCUT2D eigenvalue weighted by atomic mass is 16.5. The van der Waals surface area contributed by atoms with Crippen LogP contribution in [0.15, 0.2) is 30.6 Å². The molecule has 1 atom stereocenters. The second kappa shape index (κ2) is 5.44. The van der Waals surface area contributed by atoms with E-state index in [0.717, 1.165) is 46.3 Å². The predicted molar refractivity (Wildman–Crippen MR) is 85.0 cm³/mol. The van der Waals surface area contributed by atoms with E-state index in [1.54, 1.807) is 17.3 Å². The highest BCUT2D eigenvalue weighted by Crippen LogP contribution is 2.34. The molecule has 0 fully saturated rings. The van der Waals surface area contributed by atoms with Gasteiger partial charge >= 0.3 is 0 Å². The first-order chi connectivity index (χ1) is 11.1. The second-order valence-electron chi connectivity index (χ2n) is 6.13. The number of fused-ring (bicyclic) bond motifs is 2. The van der Waals surface area contributed by atoms with E-state index in [-0.39, 0.29) is 5.91 Å². The first-order valence-electron chi connectivity index (χ1n) is 7.76. The third-order valence-corrected chi connectivity index (χ3v) is 4.68. The molecule has 1 aromatic carbocycles. The number of hydrogen-bond donors (Lipinski definition) is 1. The summed E-state index contributed by atoms with van der Waals surface area (Å²) < 4.78 is 5.48. The molecule has 0 spiro atoms. The first kappa shape index (κ1) is 14.4. The van der Waals surface area contributed by atoms with Crippen molar-refractivity contribution in [1.82, 2.24) is 9.88 Å². The van der Waals surface area contributed by atoms with Crippen LogP contribution in [0, 0.1) is 0 Å². The van der Waals surface area contributed by atoms with E-state index in [9.17, 15) is 9.90 Å². The van der Waals surface area contributed by atoms with Crippen molar-refractivity contribution in [2.75, 3.05) is 20.2 Å². The predicted octanol–water partition coefficient (Wildman–Crippen LogP) is 1.94. The molecule has 2 aliphatic rings. The molecule has 0 bridgehead atoms. The van der Waals surface area contributed by atoms with E-state index in [1.165, 1.54) is 0 Å². The number of aliphatic hydroxyl groups excluding tert-OH is 1. The third-order valence-electron chi connectivity index (χ3n) is 4.68. The number of ether oxygens (including phenoxy) is 1. The number of amides is 1. The van der Waals surface area contributed by atoms with Gasteiger partial charge in [-0.05, 0) is 29.2 Å². The van der Waals surface area contributed by atoms with Crippen molar-refractivity contribution in [2.24, 2.45) is 0 Å². The Bertz CT molecular complexity index is 788. The Morgan fingerprint density at radius 2 is 2.17 bits per heavy atom. The minimum Gasteiger partial charge on any atom is -0.386 e. The van der Waals surface area contributed by atoms with Crippen LogP contribution < -0.4 is 0 Å². The average Bonchev–Trinajstić information content (AvgIpc) is 2.58. The molecule has 0 saturated carbocycles. The monoisotopic (exact) mass is 310 g/mol. The molecule has 3 heterocycles. The molecule has 1 amide bonds. The third kappa shape index (κ3) is 2.33. The van der Waals surface area contributed by atoms with Gasteiger partial charge in [-0.3, -0.25) is 9.78 Å². The molecule has 23 heavy (non-hydrogen) atoms. The number of aliphatic hydroxyl groups is 1. The van der Waals surface area contributed by atoms with Crippen molar-refractivity contribution in [2.45, 2.75) is 19.1 Å². The van der Waals surface area contributed by atoms with Gasteiger partial charge in [0.25, 0.3) is 5.91 Å². The SMILES string of the molecule is CN1CCc2cc(-c3cncc4c3COCC4O)ccc2C1=O. The van der Waals surface area contributed by atoms with Gasteiger partial charge in [-0.15, -0.1) is 0 Å². The summed E-state index contributed by atoms with van der Waals surface area (Å²) in [6.07, 6.45) is 3.74. The fourth-order valence-electron chi connectivity index (χ4n) is 3.33. The Kier molecular flexibility index (Phi) is 3.39. The van der Waals surface area contributed by atoms with Gasteiger partial charge in [-0.2, -0.15) is 0 Å². The Labute approximate surface area is 134 Å². The van der Waals surface area contributed by atoms with Crippen molar-refractivity contribution in [3.8, 4) is 11.1 Å². The zero-order chi connectivity index (χ0) is 16.0. The Hall–Kier alpha value is -2.24. The van der Waals surface area contributed by atoms with Gasteiger partial charge in [-0.25, -0.2) is 0 Å². The van der Waals surface area contributed by atoms with E-state index >= 15 is 0 Å². The molecule has 1 aromatic heterocycles. The summed E-state index contributed by atoms with van der Waals surface area (Å²) in [4.78, 5) is 18.2. The molecule has 5 heteroatoms. The standard InChI is InChI=1S/C18H18N2O3/c1-20-5-4-12-6-11(2-3-13(12)18(20)22)14-7-19-8-15-16(14)9-23-10-17(15)21/h2-3,6-8,17,21H,4-5,9-10H2,1H3. The molecule has 0 aliphatic carbocycles. The highest BCUT2D eigenvalue weighted by Gasteiger charge is 2.24. The van der Waals surface area contributed by atoms with Crippen LogP contribution in [0.2, 0.25) is 0 Å². The van der Waals surface area contributed by atoms with Crippen LogP contribution in [0.25, 0.3) is 11.1 Å². The number of benzene rings is 1. The smallest absolute Gasteiger partial charge is 0.253 e. The van der Waals surface area contributed by atoms with Crippen LogP contribution in [0.3, 0.4) is 0 Å². The molecule has 2 aromatic rings. The molecule has 1 unspecified atom stereocenters. The fourth-order valence-corrected chi connectivity index (χ4v) is 3.33. The lowest BCUT2D eigenvalue weighted by Crippen LogP contribution is -2.34. The van der Waals surface area contributed by atoms with Gasteiger partial charge in [0.15, 0.2) is 0 Å². The molecule has 1 N–H and O–H groups in total. The number of pyridine rings is 1. The summed E-state index contributed by atoms with van der Waals surface area (Å²) in [5, 5.41) is 10.1. The van der Waals surface area contributed by atoms with Crippen LogP contribution in [-0.4, -0.2) is 41.1 Å². The van der Waals surface area contributed by atoms with Gasteiger partial charge < -0.3 is 14.7 Å². The van der Waals surface area contributed by atoms with Crippen LogP contribution in [0.1, 0.15) is 33.2 Å². The van der Waals surface area contributed by atoms with Crippen LogP contribution in [0.4, 0.5) is 0 Å². The van der Waals surface area contributed by atoms with E-state index in [2.05, 4.69) is 11.1 Å². The molecule has 2 aliphatic heterocycles. The number of hydrogen-bond acceptors (Lipinski definition) is 4. The van der Waals surface area contributed by atoms with E-state index < -0.39 is 6.10 Å². The first-order valence-corrected chi connectivity index (χ1v) is 7.76. The molecular formula is C18H18N2O3. The van der Waals surface area contributed by atoms with Gasteiger partial charge in [0, 0.05) is 42.7 Å². The zero-order valence-corrected chi connectivity index (χ0v) is 13.0. The maximum Gasteiger partial charge on any atom is 0.253 e. The minimum atomic E-state index is -0.626. The molecule has 0 radical (unpaired) electrons. The summed E-state index contributed by atoms with van der Waals surface area (Å²) in [6.45, 7) is 1.52. The molecule has 4 rings (SSSR count). The topological polar surface area (TPSA) is 62.7 Å². The summed E-state index contributed by atoms with van der Waals surface area (Å²) in [7, 11) is 1.83. The van der Waals surface area contributed by atoms with E-state index in [1.807, 2.05) is 19.2 Å². The Balaban J connectivity index is 1.81. The summed E-state index contributed by atoms with van der Waals surface area (Å²) in [6, 6.07) is 5.91. The second-order valence-corrected chi connectivity index (χ2v) is 6.13.